The Kier molecular flexibility index (Phi) is 3.44. The fourth-order valence-corrected chi connectivity index (χ4v) is 7.56. The van der Waals surface area contributed by atoms with Gasteiger partial charge in [-0.3, -0.25) is 4.79 Å². The van der Waals surface area contributed by atoms with Crippen molar-refractivity contribution >= 4 is 21.9 Å². The number of likely N-dealkylation sites (N-methyl/N-ethyl adjacent to an activating group) is 1. The first-order valence-corrected chi connectivity index (χ1v) is 10.2. The molecule has 1 fully saturated rings. The second-order valence-corrected chi connectivity index (χ2v) is 9.67. The number of carbonyl (C=O) groups is 1. The van der Waals surface area contributed by atoms with Crippen LogP contribution in [0.15, 0.2) is 24.3 Å². The van der Waals surface area contributed by atoms with Crippen LogP contribution in [0.1, 0.15) is 31.4 Å². The van der Waals surface area contributed by atoms with Crippen LogP contribution >= 0.6 is 15.9 Å². The highest BCUT2D eigenvalue weighted by Gasteiger charge is 2.76. The molecule has 0 saturated carbocycles. The number of piperidine rings is 1. The summed E-state index contributed by atoms with van der Waals surface area (Å²) in [7, 11) is 3.86. The van der Waals surface area contributed by atoms with Gasteiger partial charge in [0.2, 0.25) is 0 Å². The van der Waals surface area contributed by atoms with E-state index < -0.39 is 11.7 Å². The van der Waals surface area contributed by atoms with E-state index >= 15 is 0 Å². The normalized spacial score (nSPS) is 40.9. The van der Waals surface area contributed by atoms with Crippen LogP contribution < -0.4 is 9.47 Å². The lowest BCUT2D eigenvalue weighted by Gasteiger charge is -2.64. The van der Waals surface area contributed by atoms with Crippen LogP contribution in [0.5, 0.6) is 11.5 Å². The molecular weight excluding hydrogens is 410 g/mol. The summed E-state index contributed by atoms with van der Waals surface area (Å²) in [5.74, 6) is 1.26. The highest BCUT2D eigenvalue weighted by molar-refractivity contribution is 9.10. The molecule has 4 aliphatic rings. The highest BCUT2D eigenvalue weighted by atomic mass is 79.9. The molecule has 0 unspecified atom stereocenters. The number of benzene rings is 1. The number of hydrogen-bond donors (Lipinski definition) is 0. The first-order valence-electron chi connectivity index (χ1n) is 9.43. The summed E-state index contributed by atoms with van der Waals surface area (Å²) < 4.78 is 17.8. The van der Waals surface area contributed by atoms with Crippen LogP contribution in [0.25, 0.3) is 0 Å². The number of halogens is 1. The quantitative estimate of drug-likeness (QED) is 0.407. The zero-order valence-electron chi connectivity index (χ0n) is 16.0. The fourth-order valence-electron chi connectivity index (χ4n) is 6.10. The van der Waals surface area contributed by atoms with Gasteiger partial charge in [-0.2, -0.15) is 0 Å². The van der Waals surface area contributed by atoms with Gasteiger partial charge in [-0.15, -0.1) is 0 Å². The third-order valence-corrected chi connectivity index (χ3v) is 8.76. The average Bonchev–Trinajstić information content (AvgIpc) is 2.89. The molecule has 5 nitrogen and oxygen atoms in total. The third kappa shape index (κ3) is 1.82. The lowest BCUT2D eigenvalue weighted by molar-refractivity contribution is -0.163. The van der Waals surface area contributed by atoms with Crippen molar-refractivity contribution in [2.45, 2.75) is 54.2 Å². The number of rotatable bonds is 2. The second-order valence-electron chi connectivity index (χ2n) is 8.35. The summed E-state index contributed by atoms with van der Waals surface area (Å²) in [4.78, 5) is 14.3. The Morgan fingerprint density at radius 2 is 2.19 bits per heavy atom. The molecular formula is C21H24BrNO4. The number of esters is 1. The van der Waals surface area contributed by atoms with E-state index in [1.807, 2.05) is 12.1 Å². The highest BCUT2D eigenvalue weighted by Crippen LogP contribution is 2.70. The number of alkyl halides is 1. The zero-order chi connectivity index (χ0) is 19.2. The molecule has 1 saturated heterocycles. The SMILES string of the molecule is COc1ccc2c3c1O[C@]1(C)[C@@H](OC(C)=O)C=C[C@]4(Br)[C@H](C2)N(C)CC[C@]341. The summed E-state index contributed by atoms with van der Waals surface area (Å²) in [5.41, 5.74) is 1.50. The van der Waals surface area contributed by atoms with Gasteiger partial charge in [0.1, 0.15) is 0 Å². The molecule has 1 spiro atoms. The standard InChI is InChI=1S/C21H24BrNO4/c1-12(24)26-16-7-8-21(22)15-11-13-5-6-14(25-4)18-17(13)20(21,9-10-23(15)3)19(16,2)27-18/h5-8,15-16H,9-11H2,1-4H3/t15-,16-,19+,20+,21-/m0/s1. The molecule has 1 aromatic carbocycles. The van der Waals surface area contributed by atoms with Crippen molar-refractivity contribution in [3.63, 3.8) is 0 Å². The van der Waals surface area contributed by atoms with Crippen molar-refractivity contribution in [3.05, 3.63) is 35.4 Å². The molecule has 0 amide bonds. The minimum absolute atomic E-state index is 0.289. The summed E-state index contributed by atoms with van der Waals surface area (Å²) in [6.07, 6.45) is 5.62. The number of hydrogen-bond acceptors (Lipinski definition) is 5. The molecule has 5 atom stereocenters. The van der Waals surface area contributed by atoms with E-state index in [9.17, 15) is 4.79 Å². The molecule has 27 heavy (non-hydrogen) atoms. The van der Waals surface area contributed by atoms with Gasteiger partial charge < -0.3 is 19.1 Å². The molecule has 0 N–H and O–H groups in total. The van der Waals surface area contributed by atoms with Crippen molar-refractivity contribution in [2.75, 3.05) is 20.7 Å². The van der Waals surface area contributed by atoms with Gasteiger partial charge in [-0.1, -0.05) is 28.1 Å². The Balaban J connectivity index is 1.84. The Labute approximate surface area is 167 Å². The van der Waals surface area contributed by atoms with E-state index in [-0.39, 0.29) is 15.7 Å². The molecule has 0 aromatic heterocycles. The maximum atomic E-state index is 11.8. The summed E-state index contributed by atoms with van der Waals surface area (Å²) >= 11 is 4.18. The lowest BCUT2D eigenvalue weighted by Crippen LogP contribution is -2.76. The first-order chi connectivity index (χ1) is 12.8. The summed E-state index contributed by atoms with van der Waals surface area (Å²) in [6, 6.07) is 4.47. The van der Waals surface area contributed by atoms with Crippen molar-refractivity contribution in [3.8, 4) is 11.5 Å². The van der Waals surface area contributed by atoms with E-state index in [1.54, 1.807) is 7.11 Å². The predicted molar refractivity (Wildman–Crippen MR) is 105 cm³/mol. The molecule has 1 aromatic rings. The lowest BCUT2D eigenvalue weighted by atomic mass is 9.49. The Hall–Kier alpha value is -1.53. The third-order valence-electron chi connectivity index (χ3n) is 7.29. The molecule has 0 radical (unpaired) electrons. The van der Waals surface area contributed by atoms with E-state index in [0.717, 1.165) is 30.9 Å². The molecule has 5 rings (SSSR count). The van der Waals surface area contributed by atoms with E-state index in [2.05, 4.69) is 46.9 Å². The van der Waals surface area contributed by atoms with Crippen LogP contribution in [0.4, 0.5) is 0 Å². The molecule has 2 aliphatic heterocycles. The molecule has 2 heterocycles. The first kappa shape index (κ1) is 17.6. The van der Waals surface area contributed by atoms with Gasteiger partial charge in [0.05, 0.1) is 16.8 Å². The van der Waals surface area contributed by atoms with Gasteiger partial charge in [-0.25, -0.2) is 0 Å². The van der Waals surface area contributed by atoms with Crippen molar-refractivity contribution in [1.29, 1.82) is 0 Å². The monoisotopic (exact) mass is 433 g/mol. The van der Waals surface area contributed by atoms with Gasteiger partial charge in [-0.05, 0) is 51.1 Å². The Morgan fingerprint density at radius 3 is 2.89 bits per heavy atom. The molecule has 2 aliphatic carbocycles. The van der Waals surface area contributed by atoms with E-state index in [0.29, 0.717) is 6.04 Å². The number of carbonyl (C=O) groups excluding carboxylic acids is 1. The van der Waals surface area contributed by atoms with Crippen molar-refractivity contribution < 1.29 is 19.0 Å². The van der Waals surface area contributed by atoms with Gasteiger partial charge in [0.25, 0.3) is 0 Å². The van der Waals surface area contributed by atoms with Crippen LogP contribution in [0.3, 0.4) is 0 Å². The maximum absolute atomic E-state index is 11.8. The molecule has 6 heteroatoms. The van der Waals surface area contributed by atoms with Gasteiger partial charge >= 0.3 is 5.97 Å². The minimum atomic E-state index is -0.706. The summed E-state index contributed by atoms with van der Waals surface area (Å²) in [5, 5.41) is 0. The van der Waals surface area contributed by atoms with Crippen molar-refractivity contribution in [2.24, 2.45) is 0 Å². The van der Waals surface area contributed by atoms with Crippen molar-refractivity contribution in [1.82, 2.24) is 4.90 Å². The maximum Gasteiger partial charge on any atom is 0.303 e. The second kappa shape index (κ2) is 5.29. The van der Waals surface area contributed by atoms with Crippen LogP contribution in [-0.2, 0) is 21.4 Å². The molecule has 2 bridgehead atoms. The van der Waals surface area contributed by atoms with E-state index in [4.69, 9.17) is 14.2 Å². The smallest absolute Gasteiger partial charge is 0.303 e. The van der Waals surface area contributed by atoms with Crippen LogP contribution in [0, 0.1) is 0 Å². The average molecular weight is 434 g/mol. The Bertz CT molecular complexity index is 885. The number of methoxy groups -OCH3 is 1. The topological polar surface area (TPSA) is 48.0 Å². The Morgan fingerprint density at radius 1 is 1.41 bits per heavy atom. The predicted octanol–water partition coefficient (Wildman–Crippen LogP) is 2.98. The van der Waals surface area contributed by atoms with Crippen LogP contribution in [0.2, 0.25) is 0 Å². The largest absolute Gasteiger partial charge is 0.493 e. The zero-order valence-corrected chi connectivity index (χ0v) is 17.6. The minimum Gasteiger partial charge on any atom is -0.493 e. The number of likely N-dealkylation sites (tertiary alicyclic amines) is 1. The van der Waals surface area contributed by atoms with E-state index in [1.165, 1.54) is 18.1 Å². The van der Waals surface area contributed by atoms with Gasteiger partial charge in [0, 0.05) is 18.5 Å². The van der Waals surface area contributed by atoms with Crippen LogP contribution in [-0.4, -0.2) is 53.6 Å². The number of ether oxygens (including phenoxy) is 3. The molecule has 144 valence electrons. The number of nitrogens with zero attached hydrogens (tertiary/aromatic N) is 1. The van der Waals surface area contributed by atoms with Gasteiger partial charge in [0.15, 0.2) is 23.2 Å². The summed E-state index contributed by atoms with van der Waals surface area (Å²) in [6.45, 7) is 4.52. The fraction of sp³-hybridized carbons (Fsp3) is 0.571.